The van der Waals surface area contributed by atoms with Crippen LogP contribution in [0.4, 0.5) is 0 Å². The Bertz CT molecular complexity index is 2200. The highest BCUT2D eigenvalue weighted by molar-refractivity contribution is 6.11. The van der Waals surface area contributed by atoms with E-state index in [2.05, 4.69) is 150 Å². The van der Waals surface area contributed by atoms with Gasteiger partial charge in [-0.15, -0.1) is 0 Å². The molecule has 0 saturated carbocycles. The van der Waals surface area contributed by atoms with Crippen molar-refractivity contribution in [1.82, 2.24) is 14.5 Å². The molecule has 3 nitrogen and oxygen atoms in total. The second kappa shape index (κ2) is 10.6. The van der Waals surface area contributed by atoms with Crippen LogP contribution in [0.25, 0.3) is 72.5 Å². The van der Waals surface area contributed by atoms with E-state index in [0.29, 0.717) is 5.82 Å². The number of benzene rings is 6. The average Bonchev–Trinajstić information content (AvgIpc) is 3.43. The van der Waals surface area contributed by atoms with E-state index in [4.69, 9.17) is 9.97 Å². The molecule has 43 heavy (non-hydrogen) atoms. The zero-order valence-corrected chi connectivity index (χ0v) is 23.4. The average molecular weight is 550 g/mol. The first kappa shape index (κ1) is 25.0. The molecule has 0 amide bonds. The normalized spacial score (nSPS) is 11.3. The molecule has 3 heteroatoms. The third kappa shape index (κ3) is 4.48. The second-order valence-corrected chi connectivity index (χ2v) is 10.7. The Balaban J connectivity index is 1.30. The second-order valence-electron chi connectivity index (χ2n) is 10.7. The van der Waals surface area contributed by atoms with Crippen LogP contribution in [0.3, 0.4) is 0 Å². The van der Waals surface area contributed by atoms with Crippen molar-refractivity contribution in [3.63, 3.8) is 0 Å². The molecule has 0 N–H and O–H groups in total. The molecule has 0 saturated heterocycles. The Morgan fingerprint density at radius 1 is 0.395 bits per heavy atom. The summed E-state index contributed by atoms with van der Waals surface area (Å²) >= 11 is 0. The van der Waals surface area contributed by atoms with E-state index < -0.39 is 0 Å². The number of aromatic nitrogens is 3. The van der Waals surface area contributed by atoms with E-state index in [1.165, 1.54) is 16.7 Å². The van der Waals surface area contributed by atoms with Crippen molar-refractivity contribution in [3.05, 3.63) is 164 Å². The maximum atomic E-state index is 5.25. The molecule has 0 fully saturated rings. The quantitative estimate of drug-likeness (QED) is 0.214. The third-order valence-electron chi connectivity index (χ3n) is 8.02. The first-order valence-electron chi connectivity index (χ1n) is 14.5. The molecule has 8 aromatic rings. The predicted molar refractivity (Wildman–Crippen MR) is 178 cm³/mol. The largest absolute Gasteiger partial charge is 0.306 e. The Morgan fingerprint density at radius 3 is 1.63 bits per heavy atom. The third-order valence-corrected chi connectivity index (χ3v) is 8.02. The SMILES string of the molecule is c1ccc(-c2cccc(-c3ccc(-c4nc(-c5ccccc5)c5c(n4)c4ccccc4n5-c4ccccc4)cc3)c2)cc1. The molecule has 0 atom stereocenters. The van der Waals surface area contributed by atoms with Crippen LogP contribution in [-0.2, 0) is 0 Å². The van der Waals surface area contributed by atoms with Gasteiger partial charge in [-0.25, -0.2) is 9.97 Å². The molecule has 0 radical (unpaired) electrons. The lowest BCUT2D eigenvalue weighted by atomic mass is 9.98. The summed E-state index contributed by atoms with van der Waals surface area (Å²) in [6, 6.07) is 57.2. The highest BCUT2D eigenvalue weighted by atomic mass is 15.0. The van der Waals surface area contributed by atoms with Gasteiger partial charge in [0.25, 0.3) is 0 Å². The van der Waals surface area contributed by atoms with Crippen molar-refractivity contribution in [1.29, 1.82) is 0 Å². The van der Waals surface area contributed by atoms with Crippen LogP contribution in [-0.4, -0.2) is 14.5 Å². The van der Waals surface area contributed by atoms with Crippen molar-refractivity contribution < 1.29 is 0 Å². The van der Waals surface area contributed by atoms with Gasteiger partial charge in [-0.05, 0) is 46.5 Å². The minimum atomic E-state index is 0.715. The van der Waals surface area contributed by atoms with Crippen LogP contribution < -0.4 is 0 Å². The molecule has 2 heterocycles. The number of para-hydroxylation sites is 2. The number of hydrogen-bond donors (Lipinski definition) is 0. The lowest BCUT2D eigenvalue weighted by molar-refractivity contribution is 1.15. The molecule has 0 aliphatic heterocycles. The summed E-state index contributed by atoms with van der Waals surface area (Å²) in [6.45, 7) is 0. The number of nitrogens with zero attached hydrogens (tertiary/aromatic N) is 3. The fourth-order valence-corrected chi connectivity index (χ4v) is 5.94. The molecule has 0 aliphatic rings. The molecule has 0 bridgehead atoms. The molecule has 8 rings (SSSR count). The fourth-order valence-electron chi connectivity index (χ4n) is 5.94. The summed E-state index contributed by atoms with van der Waals surface area (Å²) in [5.41, 5.74) is 11.9. The van der Waals surface area contributed by atoms with Crippen LogP contribution in [0.15, 0.2) is 164 Å². The van der Waals surface area contributed by atoms with Crippen molar-refractivity contribution in [3.8, 4) is 50.6 Å². The molecular weight excluding hydrogens is 522 g/mol. The van der Waals surface area contributed by atoms with E-state index in [0.717, 1.165) is 50.0 Å². The van der Waals surface area contributed by atoms with Gasteiger partial charge in [-0.1, -0.05) is 140 Å². The van der Waals surface area contributed by atoms with Crippen molar-refractivity contribution >= 4 is 21.9 Å². The van der Waals surface area contributed by atoms with Gasteiger partial charge < -0.3 is 4.57 Å². The van der Waals surface area contributed by atoms with Gasteiger partial charge in [0.05, 0.1) is 16.7 Å². The van der Waals surface area contributed by atoms with Crippen molar-refractivity contribution in [2.75, 3.05) is 0 Å². The predicted octanol–water partition coefficient (Wildman–Crippen LogP) is 10.2. The minimum Gasteiger partial charge on any atom is -0.306 e. The van der Waals surface area contributed by atoms with Gasteiger partial charge in [-0.2, -0.15) is 0 Å². The van der Waals surface area contributed by atoms with Gasteiger partial charge in [0.15, 0.2) is 5.82 Å². The Kier molecular flexibility index (Phi) is 6.12. The molecule has 202 valence electrons. The van der Waals surface area contributed by atoms with Crippen LogP contribution in [0.1, 0.15) is 0 Å². The van der Waals surface area contributed by atoms with E-state index in [1.807, 2.05) is 18.2 Å². The Morgan fingerprint density at radius 2 is 0.930 bits per heavy atom. The van der Waals surface area contributed by atoms with Crippen molar-refractivity contribution in [2.24, 2.45) is 0 Å². The highest BCUT2D eigenvalue weighted by Crippen LogP contribution is 2.38. The maximum Gasteiger partial charge on any atom is 0.160 e. The summed E-state index contributed by atoms with van der Waals surface area (Å²) in [4.78, 5) is 10.5. The standard InChI is InChI=1S/C40H27N3/c1-4-13-28(14-5-1)32-17-12-18-33(27-32)29-23-25-31(26-24-29)40-41-37(30-15-6-2-7-16-30)39-38(42-40)35-21-10-11-22-36(35)43(39)34-19-8-3-9-20-34/h1-27H. The molecule has 6 aromatic carbocycles. The van der Waals surface area contributed by atoms with Gasteiger partial charge in [0.1, 0.15) is 5.52 Å². The monoisotopic (exact) mass is 549 g/mol. The lowest BCUT2D eigenvalue weighted by Crippen LogP contribution is -1.99. The summed E-state index contributed by atoms with van der Waals surface area (Å²) in [6.07, 6.45) is 0. The number of hydrogen-bond acceptors (Lipinski definition) is 2. The number of fused-ring (bicyclic) bond motifs is 3. The smallest absolute Gasteiger partial charge is 0.160 e. The van der Waals surface area contributed by atoms with Crippen LogP contribution >= 0.6 is 0 Å². The van der Waals surface area contributed by atoms with Gasteiger partial charge in [0, 0.05) is 22.2 Å². The van der Waals surface area contributed by atoms with Crippen LogP contribution in [0.2, 0.25) is 0 Å². The topological polar surface area (TPSA) is 30.7 Å². The number of rotatable bonds is 5. The van der Waals surface area contributed by atoms with Gasteiger partial charge in [0.2, 0.25) is 0 Å². The highest BCUT2D eigenvalue weighted by Gasteiger charge is 2.20. The zero-order chi connectivity index (χ0) is 28.6. The fraction of sp³-hybridized carbons (Fsp3) is 0. The van der Waals surface area contributed by atoms with E-state index >= 15 is 0 Å². The van der Waals surface area contributed by atoms with E-state index in [1.54, 1.807) is 0 Å². The zero-order valence-electron chi connectivity index (χ0n) is 23.4. The summed E-state index contributed by atoms with van der Waals surface area (Å²) in [5.74, 6) is 0.715. The summed E-state index contributed by atoms with van der Waals surface area (Å²) < 4.78 is 2.29. The summed E-state index contributed by atoms with van der Waals surface area (Å²) in [5, 5.41) is 1.11. The maximum absolute atomic E-state index is 5.25. The molecule has 2 aromatic heterocycles. The molecule has 0 unspecified atom stereocenters. The molecular formula is C40H27N3. The first-order chi connectivity index (χ1) is 21.3. The van der Waals surface area contributed by atoms with Gasteiger partial charge in [-0.3, -0.25) is 0 Å². The van der Waals surface area contributed by atoms with Crippen LogP contribution in [0.5, 0.6) is 0 Å². The first-order valence-corrected chi connectivity index (χ1v) is 14.5. The van der Waals surface area contributed by atoms with Crippen molar-refractivity contribution in [2.45, 2.75) is 0 Å². The Hall–Kier alpha value is -5.80. The molecule has 0 spiro atoms. The molecule has 0 aliphatic carbocycles. The summed E-state index contributed by atoms with van der Waals surface area (Å²) in [7, 11) is 0. The Labute approximate surface area is 250 Å². The van der Waals surface area contributed by atoms with E-state index in [-0.39, 0.29) is 0 Å². The van der Waals surface area contributed by atoms with Crippen LogP contribution in [0, 0.1) is 0 Å². The van der Waals surface area contributed by atoms with E-state index in [9.17, 15) is 0 Å². The lowest BCUT2D eigenvalue weighted by Gasteiger charge is -2.12. The van der Waals surface area contributed by atoms with Gasteiger partial charge >= 0.3 is 0 Å². The minimum absolute atomic E-state index is 0.715.